The Morgan fingerprint density at radius 1 is 0.865 bits per heavy atom. The lowest BCUT2D eigenvalue weighted by Crippen LogP contribution is -2.24. The lowest BCUT2D eigenvalue weighted by atomic mass is 10.1. The molecule has 0 saturated carbocycles. The van der Waals surface area contributed by atoms with E-state index in [0.29, 0.717) is 31.0 Å². The van der Waals surface area contributed by atoms with Crippen molar-refractivity contribution in [2.24, 2.45) is 0 Å². The average molecular weight is 510 g/mol. The maximum Gasteiger partial charge on any atom is 0.297 e. The fraction of sp³-hybridized carbons (Fsp3) is 0.531. The Balaban J connectivity index is 2.39. The molecule has 1 aromatic carbocycles. The van der Waals surface area contributed by atoms with E-state index < -0.39 is 0 Å². The molecule has 2 rings (SSSR count). The molecule has 0 radical (unpaired) electrons. The van der Waals surface area contributed by atoms with E-state index in [1.54, 1.807) is 16.7 Å². The van der Waals surface area contributed by atoms with Crippen molar-refractivity contribution >= 4 is 10.9 Å². The third-order valence-corrected chi connectivity index (χ3v) is 6.37. The smallest absolute Gasteiger partial charge is 0.297 e. The summed E-state index contributed by atoms with van der Waals surface area (Å²) in [6.45, 7) is 13.7. The number of phenols is 1. The lowest BCUT2D eigenvalue weighted by molar-refractivity contribution is 0.303. The summed E-state index contributed by atoms with van der Waals surface area (Å²) < 4.78 is 14.0. The number of aryl methyl sites for hydroxylation is 1. The second-order valence-corrected chi connectivity index (χ2v) is 10.4. The van der Waals surface area contributed by atoms with Crippen LogP contribution in [-0.2, 0) is 6.54 Å². The zero-order chi connectivity index (χ0) is 27.2. The highest BCUT2D eigenvalue weighted by Gasteiger charge is 2.20. The molecule has 0 aliphatic heterocycles. The van der Waals surface area contributed by atoms with Gasteiger partial charge in [0.1, 0.15) is 19.0 Å². The Labute approximate surface area is 223 Å². The van der Waals surface area contributed by atoms with Crippen LogP contribution in [0.15, 0.2) is 57.9 Å². The number of fused-ring (bicyclic) bond motifs is 1. The first kappa shape index (κ1) is 30.3. The van der Waals surface area contributed by atoms with E-state index in [-0.39, 0.29) is 17.1 Å². The molecule has 0 unspecified atom stereocenters. The summed E-state index contributed by atoms with van der Waals surface area (Å²) >= 11 is 0. The molecule has 37 heavy (non-hydrogen) atoms. The Morgan fingerprint density at radius 2 is 1.51 bits per heavy atom. The molecule has 0 bridgehead atoms. The fourth-order valence-electron chi connectivity index (χ4n) is 4.18. The lowest BCUT2D eigenvalue weighted by Gasteiger charge is -2.18. The van der Waals surface area contributed by atoms with E-state index >= 15 is 0 Å². The van der Waals surface area contributed by atoms with Crippen molar-refractivity contribution in [2.45, 2.75) is 99.5 Å². The van der Waals surface area contributed by atoms with Crippen LogP contribution in [0.3, 0.4) is 0 Å². The van der Waals surface area contributed by atoms with Crippen LogP contribution in [0, 0.1) is 0 Å². The second kappa shape index (κ2) is 16.0. The van der Waals surface area contributed by atoms with Crippen molar-refractivity contribution < 1.29 is 14.6 Å². The number of aromatic hydroxyl groups is 1. The molecule has 0 atom stereocenters. The standard InChI is InChI=1S/C32H47NO4/c1-7-8-9-10-11-12-20-33-29-23-27(34)16-17-28(29)30(31(32(33)35)37-21-18-25(4)5)36-22-19-26(6)15-13-14-24(2)3/h14,16-19,23,34H,7-13,15,20-22H2,1-6H3/b26-19+. The van der Waals surface area contributed by atoms with Crippen molar-refractivity contribution in [2.75, 3.05) is 13.2 Å². The highest BCUT2D eigenvalue weighted by molar-refractivity contribution is 5.89. The molecular weight excluding hydrogens is 462 g/mol. The number of hydrogen-bond acceptors (Lipinski definition) is 4. The van der Waals surface area contributed by atoms with Crippen molar-refractivity contribution in [3.8, 4) is 17.2 Å². The maximum atomic E-state index is 13.7. The summed E-state index contributed by atoms with van der Waals surface area (Å²) in [4.78, 5) is 13.7. The highest BCUT2D eigenvalue weighted by atomic mass is 16.5. The van der Waals surface area contributed by atoms with E-state index in [1.807, 2.05) is 26.0 Å². The molecule has 1 heterocycles. The molecule has 0 aliphatic rings. The number of unbranched alkanes of at least 4 members (excludes halogenated alkanes) is 5. The van der Waals surface area contributed by atoms with Crippen molar-refractivity contribution in [1.82, 2.24) is 4.57 Å². The number of pyridine rings is 1. The summed E-state index contributed by atoms with van der Waals surface area (Å²) in [6.07, 6.45) is 15.0. The number of rotatable bonds is 16. The van der Waals surface area contributed by atoms with E-state index in [1.165, 1.54) is 30.4 Å². The molecule has 0 spiro atoms. The summed E-state index contributed by atoms with van der Waals surface area (Å²) in [7, 11) is 0. The minimum absolute atomic E-state index is 0.128. The molecule has 1 aromatic heterocycles. The van der Waals surface area contributed by atoms with Crippen LogP contribution < -0.4 is 15.0 Å². The second-order valence-electron chi connectivity index (χ2n) is 10.4. The van der Waals surface area contributed by atoms with Gasteiger partial charge in [-0.25, -0.2) is 0 Å². The van der Waals surface area contributed by atoms with Gasteiger partial charge in [0.15, 0.2) is 5.75 Å². The maximum absolute atomic E-state index is 13.7. The van der Waals surface area contributed by atoms with E-state index in [2.05, 4.69) is 39.8 Å². The van der Waals surface area contributed by atoms with Crippen LogP contribution in [0.1, 0.15) is 92.9 Å². The average Bonchev–Trinajstić information content (AvgIpc) is 2.83. The van der Waals surface area contributed by atoms with Gasteiger partial charge in [-0.15, -0.1) is 0 Å². The predicted molar refractivity (Wildman–Crippen MR) is 156 cm³/mol. The van der Waals surface area contributed by atoms with Crippen molar-refractivity contribution in [3.05, 3.63) is 63.5 Å². The molecular formula is C32H47NO4. The number of aromatic nitrogens is 1. The molecule has 0 saturated heterocycles. The minimum Gasteiger partial charge on any atom is -0.508 e. The third-order valence-electron chi connectivity index (χ3n) is 6.37. The Morgan fingerprint density at radius 3 is 2.22 bits per heavy atom. The fourth-order valence-corrected chi connectivity index (χ4v) is 4.18. The van der Waals surface area contributed by atoms with Crippen LogP contribution in [-0.4, -0.2) is 22.9 Å². The van der Waals surface area contributed by atoms with Crippen LogP contribution in [0.5, 0.6) is 17.2 Å². The number of nitrogens with zero attached hydrogens (tertiary/aromatic N) is 1. The van der Waals surface area contributed by atoms with Crippen molar-refractivity contribution in [3.63, 3.8) is 0 Å². The molecule has 2 aromatic rings. The summed E-state index contributed by atoms with van der Waals surface area (Å²) in [5.41, 5.74) is 4.14. The number of phenolic OH excluding ortho intramolecular Hbond substituents is 1. The first-order valence-electron chi connectivity index (χ1n) is 13.8. The summed E-state index contributed by atoms with van der Waals surface area (Å²) in [5.74, 6) is 0.801. The Hall–Kier alpha value is -2.95. The summed E-state index contributed by atoms with van der Waals surface area (Å²) in [5, 5.41) is 11.0. The SMILES string of the molecule is CCCCCCCCn1c(=O)c(OCC=C(C)C)c(OC/C=C(\C)CCC=C(C)C)c2ccc(O)cc21. The quantitative estimate of drug-likeness (QED) is 0.182. The predicted octanol–water partition coefficient (Wildman–Crippen LogP) is 8.48. The molecule has 0 fully saturated rings. The first-order valence-corrected chi connectivity index (χ1v) is 13.8. The summed E-state index contributed by atoms with van der Waals surface area (Å²) in [6, 6.07) is 5.10. The van der Waals surface area contributed by atoms with Gasteiger partial charge in [-0.3, -0.25) is 4.79 Å². The topological polar surface area (TPSA) is 60.7 Å². The van der Waals surface area contributed by atoms with Gasteiger partial charge < -0.3 is 19.1 Å². The number of benzene rings is 1. The number of hydrogen-bond donors (Lipinski definition) is 1. The van der Waals surface area contributed by atoms with Gasteiger partial charge in [0, 0.05) is 18.0 Å². The van der Waals surface area contributed by atoms with E-state index in [9.17, 15) is 9.90 Å². The third kappa shape index (κ3) is 10.1. The zero-order valence-corrected chi connectivity index (χ0v) is 23.9. The monoisotopic (exact) mass is 509 g/mol. The van der Waals surface area contributed by atoms with Crippen molar-refractivity contribution in [1.29, 1.82) is 0 Å². The van der Waals surface area contributed by atoms with Gasteiger partial charge in [-0.1, -0.05) is 61.8 Å². The molecule has 5 nitrogen and oxygen atoms in total. The van der Waals surface area contributed by atoms with Gasteiger partial charge in [0.25, 0.3) is 5.56 Å². The van der Waals surface area contributed by atoms with Gasteiger partial charge in [0.2, 0.25) is 5.75 Å². The van der Waals surface area contributed by atoms with Crippen LogP contribution >= 0.6 is 0 Å². The first-order chi connectivity index (χ1) is 17.7. The molecule has 0 aliphatic carbocycles. The molecule has 204 valence electrons. The number of ether oxygens (including phenoxy) is 2. The highest BCUT2D eigenvalue weighted by Crippen LogP contribution is 2.35. The van der Waals surface area contributed by atoms with Crippen LogP contribution in [0.4, 0.5) is 0 Å². The normalized spacial score (nSPS) is 11.5. The Bertz CT molecular complexity index is 1150. The van der Waals surface area contributed by atoms with Gasteiger partial charge in [0.05, 0.1) is 5.52 Å². The van der Waals surface area contributed by atoms with E-state index in [0.717, 1.165) is 43.1 Å². The minimum atomic E-state index is -0.215. The largest absolute Gasteiger partial charge is 0.508 e. The number of allylic oxidation sites excluding steroid dienone is 4. The van der Waals surface area contributed by atoms with Gasteiger partial charge in [-0.2, -0.15) is 0 Å². The molecule has 5 heteroatoms. The van der Waals surface area contributed by atoms with Crippen LogP contribution in [0.25, 0.3) is 10.9 Å². The van der Waals surface area contributed by atoms with Gasteiger partial charge in [-0.05, 0) is 78.2 Å². The van der Waals surface area contributed by atoms with Crippen LogP contribution in [0.2, 0.25) is 0 Å². The van der Waals surface area contributed by atoms with E-state index in [4.69, 9.17) is 9.47 Å². The zero-order valence-electron chi connectivity index (χ0n) is 23.9. The molecule has 1 N–H and O–H groups in total. The Kier molecular flexibility index (Phi) is 13.1. The molecule has 0 amide bonds. The van der Waals surface area contributed by atoms with Gasteiger partial charge >= 0.3 is 0 Å².